The fourth-order valence-corrected chi connectivity index (χ4v) is 1.14. The van der Waals surface area contributed by atoms with E-state index in [2.05, 4.69) is 24.2 Å². The Morgan fingerprint density at radius 1 is 1.56 bits per heavy atom. The molecule has 0 aromatic heterocycles. The Balaban J connectivity index is 2.32. The van der Waals surface area contributed by atoms with E-state index in [-0.39, 0.29) is 0 Å². The lowest BCUT2D eigenvalue weighted by molar-refractivity contribution is 0.275. The summed E-state index contributed by atoms with van der Waals surface area (Å²) in [6.45, 7) is 5.84. The van der Waals surface area contributed by atoms with Crippen LogP contribution in [0, 0.1) is 0 Å². The van der Waals surface area contributed by atoms with Crippen molar-refractivity contribution in [1.82, 2.24) is 10.2 Å². The molecule has 0 saturated carbocycles. The number of nitrogens with zero attached hydrogens (tertiary/aromatic N) is 1. The zero-order chi connectivity index (χ0) is 6.69. The molecule has 0 aromatic rings. The summed E-state index contributed by atoms with van der Waals surface area (Å²) in [4.78, 5) is 2.40. The van der Waals surface area contributed by atoms with Crippen LogP contribution < -0.4 is 5.32 Å². The molecule has 54 valence electrons. The number of hydrogen-bond acceptors (Lipinski definition) is 2. The largest absolute Gasteiger partial charge is 0.315 e. The molecule has 1 aliphatic rings. The zero-order valence-electron chi connectivity index (χ0n) is 6.35. The first-order chi connectivity index (χ1) is 4.30. The van der Waals surface area contributed by atoms with Crippen LogP contribution in [-0.2, 0) is 0 Å². The number of likely N-dealkylation sites (N-methyl/N-ethyl adjacent to an activating group) is 1. The summed E-state index contributed by atoms with van der Waals surface area (Å²) in [5.74, 6) is 0. The lowest BCUT2D eigenvalue weighted by Gasteiger charge is -2.20. The summed E-state index contributed by atoms with van der Waals surface area (Å²) >= 11 is 0. The maximum absolute atomic E-state index is 3.39. The highest BCUT2D eigenvalue weighted by atomic mass is 15.2. The number of hydrogen-bond donors (Lipinski definition) is 1. The van der Waals surface area contributed by atoms with Crippen molar-refractivity contribution >= 4 is 0 Å². The van der Waals surface area contributed by atoms with E-state index in [0.717, 1.165) is 6.54 Å². The quantitative estimate of drug-likeness (QED) is 0.505. The van der Waals surface area contributed by atoms with E-state index < -0.39 is 0 Å². The van der Waals surface area contributed by atoms with E-state index in [1.807, 2.05) is 0 Å². The van der Waals surface area contributed by atoms with Crippen LogP contribution in [0.25, 0.3) is 0 Å². The van der Waals surface area contributed by atoms with Crippen LogP contribution in [0.1, 0.15) is 13.3 Å². The van der Waals surface area contributed by atoms with Crippen LogP contribution in [0.4, 0.5) is 0 Å². The smallest absolute Gasteiger partial charge is 0.0189 e. The molecule has 0 radical (unpaired) electrons. The summed E-state index contributed by atoms with van der Waals surface area (Å²) < 4.78 is 0. The van der Waals surface area contributed by atoms with Gasteiger partial charge in [-0.1, -0.05) is 0 Å². The van der Waals surface area contributed by atoms with Crippen molar-refractivity contribution in [2.24, 2.45) is 0 Å². The van der Waals surface area contributed by atoms with Gasteiger partial charge in [0.2, 0.25) is 0 Å². The Morgan fingerprint density at radius 2 is 2.33 bits per heavy atom. The van der Waals surface area contributed by atoms with Crippen LogP contribution in [-0.4, -0.2) is 37.6 Å². The molecule has 1 unspecified atom stereocenters. The van der Waals surface area contributed by atoms with Crippen molar-refractivity contribution < 1.29 is 0 Å². The molecule has 2 nitrogen and oxygen atoms in total. The molecule has 1 rings (SSSR count). The van der Waals surface area contributed by atoms with Gasteiger partial charge in [0.25, 0.3) is 0 Å². The van der Waals surface area contributed by atoms with E-state index in [1.54, 1.807) is 0 Å². The van der Waals surface area contributed by atoms with Gasteiger partial charge in [0.1, 0.15) is 0 Å². The highest BCUT2D eigenvalue weighted by molar-refractivity contribution is 4.70. The minimum Gasteiger partial charge on any atom is -0.315 e. The molecule has 0 spiro atoms. The van der Waals surface area contributed by atoms with Crippen LogP contribution >= 0.6 is 0 Å². The standard InChI is InChI=1S/C7H16N2/c1-7-6-8-4-3-5-9(7)2/h7-8H,3-6H2,1-2H3. The van der Waals surface area contributed by atoms with Gasteiger partial charge >= 0.3 is 0 Å². The Labute approximate surface area is 57.2 Å². The van der Waals surface area contributed by atoms with Gasteiger partial charge in [0.05, 0.1) is 0 Å². The molecular weight excluding hydrogens is 112 g/mol. The van der Waals surface area contributed by atoms with Crippen LogP contribution in [0.5, 0.6) is 0 Å². The fraction of sp³-hybridized carbons (Fsp3) is 1.00. The predicted molar refractivity (Wildman–Crippen MR) is 39.6 cm³/mol. The Hall–Kier alpha value is -0.0800. The van der Waals surface area contributed by atoms with Crippen molar-refractivity contribution in [2.45, 2.75) is 19.4 Å². The zero-order valence-corrected chi connectivity index (χ0v) is 6.35. The van der Waals surface area contributed by atoms with Crippen LogP contribution in [0.15, 0.2) is 0 Å². The molecule has 0 aliphatic carbocycles. The third kappa shape index (κ3) is 1.95. The minimum atomic E-state index is 0.715. The SMILES string of the molecule is CC1CNCCCN1C. The van der Waals surface area contributed by atoms with E-state index in [9.17, 15) is 0 Å². The van der Waals surface area contributed by atoms with Gasteiger partial charge in [-0.2, -0.15) is 0 Å². The molecule has 0 aromatic carbocycles. The van der Waals surface area contributed by atoms with Gasteiger partial charge in [-0.3, -0.25) is 0 Å². The minimum absolute atomic E-state index is 0.715. The Bertz CT molecular complexity index is 73.0. The first-order valence-electron chi connectivity index (χ1n) is 3.71. The second kappa shape index (κ2) is 3.18. The average molecular weight is 128 g/mol. The summed E-state index contributed by atoms with van der Waals surface area (Å²) in [7, 11) is 2.19. The van der Waals surface area contributed by atoms with Crippen molar-refractivity contribution in [3.63, 3.8) is 0 Å². The highest BCUT2D eigenvalue weighted by Crippen LogP contribution is 1.98. The van der Waals surface area contributed by atoms with Gasteiger partial charge in [0.15, 0.2) is 0 Å². The molecule has 0 amide bonds. The summed E-state index contributed by atoms with van der Waals surface area (Å²) in [6.07, 6.45) is 1.29. The normalized spacial score (nSPS) is 32.0. The van der Waals surface area contributed by atoms with Gasteiger partial charge in [0, 0.05) is 12.6 Å². The van der Waals surface area contributed by atoms with Crippen LogP contribution in [0.2, 0.25) is 0 Å². The maximum atomic E-state index is 3.39. The predicted octanol–water partition coefficient (Wildman–Crippen LogP) is 0.300. The molecule has 1 saturated heterocycles. The van der Waals surface area contributed by atoms with Crippen molar-refractivity contribution in [2.75, 3.05) is 26.7 Å². The molecule has 2 heteroatoms. The fourth-order valence-electron chi connectivity index (χ4n) is 1.14. The molecule has 1 fully saturated rings. The van der Waals surface area contributed by atoms with E-state index in [0.29, 0.717) is 6.04 Å². The Morgan fingerprint density at radius 3 is 3.11 bits per heavy atom. The molecule has 0 bridgehead atoms. The van der Waals surface area contributed by atoms with Crippen LogP contribution in [0.3, 0.4) is 0 Å². The van der Waals surface area contributed by atoms with E-state index in [4.69, 9.17) is 0 Å². The third-order valence-corrected chi connectivity index (χ3v) is 2.06. The first-order valence-corrected chi connectivity index (χ1v) is 3.71. The van der Waals surface area contributed by atoms with Crippen molar-refractivity contribution in [1.29, 1.82) is 0 Å². The molecule has 9 heavy (non-hydrogen) atoms. The van der Waals surface area contributed by atoms with Gasteiger partial charge in [-0.15, -0.1) is 0 Å². The van der Waals surface area contributed by atoms with Gasteiger partial charge < -0.3 is 10.2 Å². The summed E-state index contributed by atoms with van der Waals surface area (Å²) in [5, 5.41) is 3.39. The monoisotopic (exact) mass is 128 g/mol. The second-order valence-electron chi connectivity index (χ2n) is 2.89. The maximum Gasteiger partial charge on any atom is 0.0189 e. The van der Waals surface area contributed by atoms with Crippen molar-refractivity contribution in [3.8, 4) is 0 Å². The second-order valence-corrected chi connectivity index (χ2v) is 2.89. The lowest BCUT2D eigenvalue weighted by atomic mass is 10.3. The third-order valence-electron chi connectivity index (χ3n) is 2.06. The lowest BCUT2D eigenvalue weighted by Crippen LogP contribution is -2.33. The molecular formula is C7H16N2. The summed E-state index contributed by atoms with van der Waals surface area (Å²) in [5.41, 5.74) is 0. The molecule has 1 aliphatic heterocycles. The van der Waals surface area contributed by atoms with Gasteiger partial charge in [-0.05, 0) is 33.5 Å². The summed E-state index contributed by atoms with van der Waals surface area (Å²) in [6, 6.07) is 0.715. The van der Waals surface area contributed by atoms with E-state index >= 15 is 0 Å². The van der Waals surface area contributed by atoms with Gasteiger partial charge in [-0.25, -0.2) is 0 Å². The average Bonchev–Trinajstić information content (AvgIpc) is 1.99. The molecule has 1 N–H and O–H groups in total. The Kier molecular flexibility index (Phi) is 2.49. The topological polar surface area (TPSA) is 15.3 Å². The van der Waals surface area contributed by atoms with Crippen molar-refractivity contribution in [3.05, 3.63) is 0 Å². The number of nitrogens with one attached hydrogen (secondary N) is 1. The molecule has 1 atom stereocenters. The number of rotatable bonds is 0. The molecule has 1 heterocycles. The van der Waals surface area contributed by atoms with E-state index in [1.165, 1.54) is 19.5 Å². The highest BCUT2D eigenvalue weighted by Gasteiger charge is 2.10. The first kappa shape index (κ1) is 7.03.